The molecule has 5 nitrogen and oxygen atoms in total. The molecule has 1 heterocycles. The van der Waals surface area contributed by atoms with E-state index in [0.717, 1.165) is 0 Å². The molecule has 132 valence electrons. The standard InChI is InChI=1S/C17H22ClFN2O3/c1-4-20(8-12-13(18)6-5-7-14(12)19)16(22)9-21-15(11(2)3)10-24-17(21)23/h5-7,11,15H,4,8-10H2,1-3H3/t15-/m1/s1. The van der Waals surface area contributed by atoms with E-state index in [2.05, 4.69) is 0 Å². The van der Waals surface area contributed by atoms with Gasteiger partial charge in [0.25, 0.3) is 0 Å². The van der Waals surface area contributed by atoms with E-state index in [4.69, 9.17) is 16.3 Å². The highest BCUT2D eigenvalue weighted by Gasteiger charge is 2.36. The van der Waals surface area contributed by atoms with Crippen molar-refractivity contribution in [2.75, 3.05) is 19.7 Å². The van der Waals surface area contributed by atoms with E-state index in [1.165, 1.54) is 21.9 Å². The molecule has 1 aliphatic heterocycles. The van der Waals surface area contributed by atoms with Crippen molar-refractivity contribution >= 4 is 23.6 Å². The van der Waals surface area contributed by atoms with Crippen LogP contribution in [0.4, 0.5) is 9.18 Å². The number of rotatable bonds is 6. The van der Waals surface area contributed by atoms with Gasteiger partial charge in [-0.25, -0.2) is 9.18 Å². The molecular weight excluding hydrogens is 335 g/mol. The molecule has 2 rings (SSSR count). The SMILES string of the molecule is CCN(Cc1c(F)cccc1Cl)C(=O)CN1C(=O)OC[C@@H]1C(C)C. The Hall–Kier alpha value is -1.82. The number of hydrogen-bond donors (Lipinski definition) is 0. The number of nitrogens with zero attached hydrogens (tertiary/aromatic N) is 2. The van der Waals surface area contributed by atoms with E-state index in [9.17, 15) is 14.0 Å². The Balaban J connectivity index is 2.10. The number of carbonyl (C=O) groups excluding carboxylic acids is 2. The summed E-state index contributed by atoms with van der Waals surface area (Å²) in [5.74, 6) is -0.531. The van der Waals surface area contributed by atoms with E-state index in [1.54, 1.807) is 13.0 Å². The quantitative estimate of drug-likeness (QED) is 0.785. The fraction of sp³-hybridized carbons (Fsp3) is 0.529. The molecule has 24 heavy (non-hydrogen) atoms. The Kier molecular flexibility index (Phi) is 6.04. The minimum atomic E-state index is -0.484. The molecule has 1 fully saturated rings. The first-order valence-electron chi connectivity index (χ1n) is 7.99. The molecule has 0 radical (unpaired) electrons. The second-order valence-corrected chi connectivity index (χ2v) is 6.53. The Bertz CT molecular complexity index is 604. The van der Waals surface area contributed by atoms with Crippen molar-refractivity contribution in [3.05, 3.63) is 34.6 Å². The second-order valence-electron chi connectivity index (χ2n) is 6.12. The summed E-state index contributed by atoms with van der Waals surface area (Å²) in [4.78, 5) is 27.4. The lowest BCUT2D eigenvalue weighted by Gasteiger charge is -2.28. The van der Waals surface area contributed by atoms with Gasteiger partial charge in [0.05, 0.1) is 12.6 Å². The maximum atomic E-state index is 13.9. The molecule has 2 amide bonds. The summed E-state index contributed by atoms with van der Waals surface area (Å²) in [6, 6.07) is 4.29. The number of cyclic esters (lactones) is 1. The molecule has 0 spiro atoms. The first-order valence-corrected chi connectivity index (χ1v) is 8.37. The molecule has 1 saturated heterocycles. The molecule has 0 unspecified atom stereocenters. The number of likely N-dealkylation sites (N-methyl/N-ethyl adjacent to an activating group) is 1. The molecule has 1 aliphatic rings. The van der Waals surface area contributed by atoms with Crippen LogP contribution in [0.5, 0.6) is 0 Å². The molecule has 1 aromatic rings. The van der Waals surface area contributed by atoms with E-state index in [0.29, 0.717) is 6.54 Å². The molecule has 0 N–H and O–H groups in total. The van der Waals surface area contributed by atoms with Crippen LogP contribution in [-0.4, -0.2) is 47.5 Å². The van der Waals surface area contributed by atoms with Gasteiger partial charge in [-0.2, -0.15) is 0 Å². The zero-order chi connectivity index (χ0) is 17.9. The predicted octanol–water partition coefficient (Wildman–Crippen LogP) is 3.30. The van der Waals surface area contributed by atoms with E-state index >= 15 is 0 Å². The minimum absolute atomic E-state index is 0.0655. The van der Waals surface area contributed by atoms with Gasteiger partial charge in [0, 0.05) is 17.1 Å². The molecule has 7 heteroatoms. The molecular formula is C17H22ClFN2O3. The molecule has 0 aromatic heterocycles. The van der Waals surface area contributed by atoms with Crippen molar-refractivity contribution in [2.45, 2.75) is 33.4 Å². The third kappa shape index (κ3) is 3.98. The van der Waals surface area contributed by atoms with Crippen molar-refractivity contribution in [2.24, 2.45) is 5.92 Å². The summed E-state index contributed by atoms with van der Waals surface area (Å²) in [6.45, 7) is 6.40. The average Bonchev–Trinajstić information content (AvgIpc) is 2.88. The highest BCUT2D eigenvalue weighted by atomic mass is 35.5. The topological polar surface area (TPSA) is 49.9 Å². The molecule has 1 atom stereocenters. The molecule has 0 aliphatic carbocycles. The van der Waals surface area contributed by atoms with Gasteiger partial charge >= 0.3 is 6.09 Å². The lowest BCUT2D eigenvalue weighted by atomic mass is 10.0. The molecule has 0 saturated carbocycles. The van der Waals surface area contributed by atoms with E-state index in [1.807, 2.05) is 13.8 Å². The maximum Gasteiger partial charge on any atom is 0.410 e. The van der Waals surface area contributed by atoms with Crippen LogP contribution in [0.3, 0.4) is 0 Å². The zero-order valence-electron chi connectivity index (χ0n) is 14.1. The van der Waals surface area contributed by atoms with Gasteiger partial charge in [-0.15, -0.1) is 0 Å². The first kappa shape index (κ1) is 18.5. The Labute approximate surface area is 146 Å². The van der Waals surface area contributed by atoms with Gasteiger partial charge in [-0.1, -0.05) is 31.5 Å². The van der Waals surface area contributed by atoms with Crippen molar-refractivity contribution in [3.8, 4) is 0 Å². The lowest BCUT2D eigenvalue weighted by Crippen LogP contribution is -2.45. The maximum absolute atomic E-state index is 13.9. The summed E-state index contributed by atoms with van der Waals surface area (Å²) in [5.41, 5.74) is 0.277. The number of amides is 2. The number of carbonyl (C=O) groups is 2. The monoisotopic (exact) mass is 356 g/mol. The van der Waals surface area contributed by atoms with Crippen LogP contribution in [0.1, 0.15) is 26.3 Å². The van der Waals surface area contributed by atoms with Crippen LogP contribution >= 0.6 is 11.6 Å². The van der Waals surface area contributed by atoms with Crippen LogP contribution in [-0.2, 0) is 16.1 Å². The van der Waals surface area contributed by atoms with Gasteiger partial charge in [-0.05, 0) is 25.0 Å². The Morgan fingerprint density at radius 1 is 1.50 bits per heavy atom. The number of hydrogen-bond acceptors (Lipinski definition) is 3. The smallest absolute Gasteiger partial charge is 0.410 e. The van der Waals surface area contributed by atoms with Gasteiger partial charge in [0.1, 0.15) is 19.0 Å². The third-order valence-corrected chi connectivity index (χ3v) is 4.59. The van der Waals surface area contributed by atoms with Crippen LogP contribution in [0, 0.1) is 11.7 Å². The van der Waals surface area contributed by atoms with Crippen LogP contribution in [0.15, 0.2) is 18.2 Å². The fourth-order valence-electron chi connectivity index (χ4n) is 2.70. The van der Waals surface area contributed by atoms with Crippen LogP contribution in [0.2, 0.25) is 5.02 Å². The summed E-state index contributed by atoms with van der Waals surface area (Å²) in [5, 5.41) is 0.280. The minimum Gasteiger partial charge on any atom is -0.447 e. The van der Waals surface area contributed by atoms with E-state index < -0.39 is 11.9 Å². The highest BCUT2D eigenvalue weighted by Crippen LogP contribution is 2.22. The summed E-state index contributed by atoms with van der Waals surface area (Å²) >= 11 is 6.03. The Morgan fingerprint density at radius 2 is 2.21 bits per heavy atom. The number of ether oxygens (including phenoxy) is 1. The summed E-state index contributed by atoms with van der Waals surface area (Å²) in [6.07, 6.45) is -0.484. The van der Waals surface area contributed by atoms with Gasteiger partial charge in [-0.3, -0.25) is 9.69 Å². The second kappa shape index (κ2) is 7.83. The van der Waals surface area contributed by atoms with Crippen LogP contribution < -0.4 is 0 Å². The van der Waals surface area contributed by atoms with Gasteiger partial charge in [0.2, 0.25) is 5.91 Å². The third-order valence-electron chi connectivity index (χ3n) is 4.23. The molecule has 1 aromatic carbocycles. The highest BCUT2D eigenvalue weighted by molar-refractivity contribution is 6.31. The average molecular weight is 357 g/mol. The largest absolute Gasteiger partial charge is 0.447 e. The Morgan fingerprint density at radius 3 is 2.79 bits per heavy atom. The first-order chi connectivity index (χ1) is 11.3. The van der Waals surface area contributed by atoms with Gasteiger partial charge in [0.15, 0.2) is 0 Å². The normalized spacial score (nSPS) is 17.3. The molecule has 0 bridgehead atoms. The van der Waals surface area contributed by atoms with Crippen LogP contribution in [0.25, 0.3) is 0 Å². The lowest BCUT2D eigenvalue weighted by molar-refractivity contribution is -0.132. The summed E-state index contributed by atoms with van der Waals surface area (Å²) in [7, 11) is 0. The number of benzene rings is 1. The van der Waals surface area contributed by atoms with Crippen molar-refractivity contribution < 1.29 is 18.7 Å². The van der Waals surface area contributed by atoms with Crippen molar-refractivity contribution in [1.82, 2.24) is 9.80 Å². The van der Waals surface area contributed by atoms with Crippen molar-refractivity contribution in [1.29, 1.82) is 0 Å². The van der Waals surface area contributed by atoms with E-state index in [-0.39, 0.29) is 48.1 Å². The fourth-order valence-corrected chi connectivity index (χ4v) is 2.92. The van der Waals surface area contributed by atoms with Gasteiger partial charge < -0.3 is 9.64 Å². The summed E-state index contributed by atoms with van der Waals surface area (Å²) < 4.78 is 19.0. The predicted molar refractivity (Wildman–Crippen MR) is 89.2 cm³/mol. The van der Waals surface area contributed by atoms with Crippen molar-refractivity contribution in [3.63, 3.8) is 0 Å². The number of halogens is 2. The zero-order valence-corrected chi connectivity index (χ0v) is 14.8.